The van der Waals surface area contributed by atoms with Gasteiger partial charge in [-0.15, -0.1) is 0 Å². The minimum absolute atomic E-state index is 0.000339. The smallest absolute Gasteiger partial charge is 0.347 e. The van der Waals surface area contributed by atoms with Crippen LogP contribution in [-0.4, -0.2) is 28.3 Å². The third-order valence-electron chi connectivity index (χ3n) is 4.03. The fourth-order valence-corrected chi connectivity index (χ4v) is 3.08. The van der Waals surface area contributed by atoms with Crippen molar-refractivity contribution in [2.45, 2.75) is 53.6 Å². The van der Waals surface area contributed by atoms with Gasteiger partial charge in [-0.05, 0) is 31.8 Å². The molecule has 1 aromatic heterocycles. The number of halogens is 1. The number of aromatic hydroxyl groups is 1. The molecule has 0 aliphatic carbocycles. The van der Waals surface area contributed by atoms with Gasteiger partial charge >= 0.3 is 5.97 Å². The number of esters is 1. The summed E-state index contributed by atoms with van der Waals surface area (Å²) in [6, 6.07) is -0.104. The highest BCUT2D eigenvalue weighted by atomic mass is 35.5. The van der Waals surface area contributed by atoms with Crippen molar-refractivity contribution in [3.63, 3.8) is 0 Å². The van der Waals surface area contributed by atoms with Crippen LogP contribution in [0.3, 0.4) is 0 Å². The number of ether oxygens (including phenoxy) is 1. The molecular weight excluding hydrogens is 344 g/mol. The first-order valence-corrected chi connectivity index (χ1v) is 8.75. The van der Waals surface area contributed by atoms with Gasteiger partial charge in [-0.25, -0.2) is 4.79 Å². The zero-order valence-corrected chi connectivity index (χ0v) is 16.0. The maximum atomic E-state index is 12.9. The summed E-state index contributed by atoms with van der Waals surface area (Å²) in [5.74, 6) is -1.29. The average Bonchev–Trinajstić information content (AvgIpc) is 2.45. The van der Waals surface area contributed by atoms with E-state index >= 15 is 0 Å². The number of carbonyl (C=O) groups is 1. The van der Waals surface area contributed by atoms with Crippen LogP contribution in [0, 0.1) is 5.41 Å². The summed E-state index contributed by atoms with van der Waals surface area (Å²) < 4.78 is 6.45. The molecule has 0 fully saturated rings. The van der Waals surface area contributed by atoms with Crippen LogP contribution in [0.15, 0.2) is 4.79 Å². The molecule has 0 aromatic carbocycles. The minimum atomic E-state index is -0.847. The van der Waals surface area contributed by atoms with Gasteiger partial charge < -0.3 is 19.7 Å². The molecule has 7 heteroatoms. The van der Waals surface area contributed by atoms with Gasteiger partial charge in [0.2, 0.25) is 0 Å². The van der Waals surface area contributed by atoms with Crippen molar-refractivity contribution in [1.82, 2.24) is 9.88 Å². The molecule has 6 nitrogen and oxygen atoms in total. The molecule has 2 N–H and O–H groups in total. The number of rotatable bonds is 4. The summed E-state index contributed by atoms with van der Waals surface area (Å²) in [6.45, 7) is 10.3. The number of hydrogen-bond donors (Lipinski definition) is 2. The maximum Gasteiger partial charge on any atom is 0.347 e. The van der Waals surface area contributed by atoms with Crippen LogP contribution >= 0.6 is 11.6 Å². The van der Waals surface area contributed by atoms with Gasteiger partial charge in [-0.3, -0.25) is 4.79 Å². The minimum Gasteiger partial charge on any atom is -0.506 e. The van der Waals surface area contributed by atoms with Gasteiger partial charge in [-0.1, -0.05) is 32.4 Å². The summed E-state index contributed by atoms with van der Waals surface area (Å²) in [6.07, 6.45) is 2.54. The van der Waals surface area contributed by atoms with Crippen molar-refractivity contribution in [2.75, 3.05) is 6.61 Å². The Balaban J connectivity index is 2.82. The monoisotopic (exact) mass is 368 g/mol. The second-order valence-corrected chi connectivity index (χ2v) is 7.76. The van der Waals surface area contributed by atoms with Crippen LogP contribution in [-0.2, 0) is 11.3 Å². The number of pyridine rings is 1. The van der Waals surface area contributed by atoms with Crippen LogP contribution in [0.25, 0.3) is 11.2 Å². The third-order valence-corrected chi connectivity index (χ3v) is 4.32. The number of carbonyl (C=O) groups excluding carboxylic acids is 1. The number of nitrogens with zero attached hydrogens (tertiary/aromatic N) is 1. The Morgan fingerprint density at radius 2 is 2.08 bits per heavy atom. The molecule has 0 saturated carbocycles. The maximum absolute atomic E-state index is 12.9. The first kappa shape index (κ1) is 19.4. The Morgan fingerprint density at radius 3 is 2.64 bits per heavy atom. The third kappa shape index (κ3) is 4.00. The van der Waals surface area contributed by atoms with Gasteiger partial charge in [0, 0.05) is 12.6 Å². The van der Waals surface area contributed by atoms with E-state index in [1.54, 1.807) is 6.92 Å². The highest BCUT2D eigenvalue weighted by molar-refractivity contribution is 6.44. The Hall–Kier alpha value is -1.95. The van der Waals surface area contributed by atoms with E-state index in [2.05, 4.69) is 26.1 Å². The Bertz CT molecular complexity index is 865. The zero-order chi connectivity index (χ0) is 18.9. The van der Waals surface area contributed by atoms with Crippen LogP contribution in [0.1, 0.15) is 51.4 Å². The molecule has 1 atom stereocenters. The predicted molar refractivity (Wildman–Crippen MR) is 98.0 cm³/mol. The molecular formula is C18H25ClN2O4. The lowest BCUT2D eigenvalue weighted by molar-refractivity contribution is 0.0519. The number of aromatic nitrogens is 1. The Morgan fingerprint density at radius 1 is 1.44 bits per heavy atom. The first-order valence-electron chi connectivity index (χ1n) is 8.38. The van der Waals surface area contributed by atoms with E-state index in [0.717, 1.165) is 6.42 Å². The summed E-state index contributed by atoms with van der Waals surface area (Å²) in [4.78, 5) is 25.1. The topological polar surface area (TPSA) is 80.6 Å². The quantitative estimate of drug-likeness (QED) is 0.617. The van der Waals surface area contributed by atoms with Crippen LogP contribution in [0.5, 0.6) is 5.75 Å². The molecule has 0 amide bonds. The summed E-state index contributed by atoms with van der Waals surface area (Å²) in [5, 5.41) is 14.5. The molecule has 1 aliphatic rings. The fraction of sp³-hybridized carbons (Fsp3) is 0.556. The van der Waals surface area contributed by atoms with Crippen molar-refractivity contribution < 1.29 is 14.6 Å². The van der Waals surface area contributed by atoms with Crippen molar-refractivity contribution in [2.24, 2.45) is 5.41 Å². The molecule has 1 aromatic rings. The lowest BCUT2D eigenvalue weighted by atomic mass is 9.92. The van der Waals surface area contributed by atoms with Gasteiger partial charge in [0.1, 0.15) is 10.9 Å². The van der Waals surface area contributed by atoms with E-state index in [4.69, 9.17) is 16.3 Å². The van der Waals surface area contributed by atoms with E-state index in [1.165, 1.54) is 4.57 Å². The van der Waals surface area contributed by atoms with E-state index in [0.29, 0.717) is 11.9 Å². The van der Waals surface area contributed by atoms with E-state index < -0.39 is 17.3 Å². The van der Waals surface area contributed by atoms with Gasteiger partial charge in [-0.2, -0.15) is 0 Å². The molecule has 1 aliphatic heterocycles. The second kappa shape index (κ2) is 7.12. The lowest BCUT2D eigenvalue weighted by Gasteiger charge is -2.22. The molecule has 0 radical (unpaired) electrons. The highest BCUT2D eigenvalue weighted by Crippen LogP contribution is 2.19. The normalized spacial score (nSPS) is 16.7. The first-order chi connectivity index (χ1) is 11.6. The number of hydrogen-bond acceptors (Lipinski definition) is 5. The van der Waals surface area contributed by atoms with Crippen LogP contribution in [0.2, 0.25) is 0 Å². The van der Waals surface area contributed by atoms with Crippen molar-refractivity contribution >= 4 is 28.8 Å². The second-order valence-electron chi connectivity index (χ2n) is 7.39. The van der Waals surface area contributed by atoms with Crippen molar-refractivity contribution in [3.05, 3.63) is 26.5 Å². The standard InChI is InChI=1S/C18H25ClN2O4/c1-6-25-17(24)13-14(22)12-11(9-10(2)20-15(12)19)21(16(13)23)8-7-18(3,4)5/h9-10,20,22H,6-8H2,1-5H3. The molecule has 2 heterocycles. The van der Waals surface area contributed by atoms with E-state index in [9.17, 15) is 14.7 Å². The highest BCUT2D eigenvalue weighted by Gasteiger charge is 2.25. The number of nitrogens with one attached hydrogen (secondary N) is 1. The summed E-state index contributed by atoms with van der Waals surface area (Å²) in [5.41, 5.74) is -0.938. The van der Waals surface area contributed by atoms with Gasteiger partial charge in [0.25, 0.3) is 5.56 Å². The van der Waals surface area contributed by atoms with Crippen molar-refractivity contribution in [1.29, 1.82) is 0 Å². The van der Waals surface area contributed by atoms with Gasteiger partial charge in [0.05, 0.1) is 17.2 Å². The molecule has 1 unspecified atom stereocenters. The zero-order valence-electron chi connectivity index (χ0n) is 15.3. The Kier molecular flexibility index (Phi) is 5.52. The van der Waals surface area contributed by atoms with E-state index in [1.807, 2.05) is 13.0 Å². The van der Waals surface area contributed by atoms with Crippen LogP contribution < -0.4 is 21.4 Å². The molecule has 0 bridgehead atoms. The van der Waals surface area contributed by atoms with Gasteiger partial charge in [0.15, 0.2) is 5.56 Å². The molecule has 0 saturated heterocycles. The van der Waals surface area contributed by atoms with Crippen LogP contribution in [0.4, 0.5) is 0 Å². The van der Waals surface area contributed by atoms with E-state index in [-0.39, 0.29) is 34.0 Å². The molecule has 0 spiro atoms. The Labute approximate surface area is 151 Å². The SMILES string of the molecule is CCOC(=O)c1c(O)c2c(n(CCC(C)(C)C)c1=O)=CC(C)NC=2Cl. The van der Waals surface area contributed by atoms with Crippen molar-refractivity contribution in [3.8, 4) is 5.75 Å². The average molecular weight is 369 g/mol. The lowest BCUT2D eigenvalue weighted by Crippen LogP contribution is -2.51. The molecule has 25 heavy (non-hydrogen) atoms. The molecule has 138 valence electrons. The summed E-state index contributed by atoms with van der Waals surface area (Å²) in [7, 11) is 0. The largest absolute Gasteiger partial charge is 0.506 e. The fourth-order valence-electron chi connectivity index (χ4n) is 2.72. The summed E-state index contributed by atoms with van der Waals surface area (Å²) >= 11 is 6.27. The molecule has 2 rings (SSSR count). The number of fused-ring (bicyclic) bond motifs is 1. The predicted octanol–water partition coefficient (Wildman–Crippen LogP) is 1.24.